The number of pyridine rings is 1. The maximum Gasteiger partial charge on any atom is 0.230 e. The molecule has 4 nitrogen and oxygen atoms in total. The van der Waals surface area contributed by atoms with Crippen LogP contribution in [0.5, 0.6) is 5.75 Å². The van der Waals surface area contributed by atoms with E-state index >= 15 is 0 Å². The summed E-state index contributed by atoms with van der Waals surface area (Å²) in [4.78, 5) is 15.9. The Kier molecular flexibility index (Phi) is 6.09. The first kappa shape index (κ1) is 15.4. The summed E-state index contributed by atoms with van der Waals surface area (Å²) in [6.07, 6.45) is 1.72. The zero-order chi connectivity index (χ0) is 14.9. The van der Waals surface area contributed by atoms with Gasteiger partial charge in [0, 0.05) is 11.9 Å². The van der Waals surface area contributed by atoms with E-state index in [9.17, 15) is 4.79 Å². The molecular formula is C16H18N2O2S. The summed E-state index contributed by atoms with van der Waals surface area (Å²) in [5.74, 6) is 2.08. The molecule has 1 aromatic heterocycles. The molecule has 0 radical (unpaired) electrons. The molecule has 1 N–H and O–H groups in total. The number of rotatable bonds is 7. The molecule has 5 heteroatoms. The Hall–Kier alpha value is -2.01. The van der Waals surface area contributed by atoms with E-state index in [0.717, 1.165) is 22.8 Å². The van der Waals surface area contributed by atoms with Gasteiger partial charge < -0.3 is 10.1 Å². The Morgan fingerprint density at radius 3 is 2.95 bits per heavy atom. The molecule has 1 aromatic carbocycles. The third-order valence-corrected chi connectivity index (χ3v) is 3.83. The predicted molar refractivity (Wildman–Crippen MR) is 85.2 cm³/mol. The maximum atomic E-state index is 11.7. The van der Waals surface area contributed by atoms with Gasteiger partial charge >= 0.3 is 0 Å². The van der Waals surface area contributed by atoms with Crippen LogP contribution in [0.2, 0.25) is 0 Å². The number of methoxy groups -OCH3 is 1. The number of carbonyl (C=O) groups excluding carboxylic acids is 1. The molecule has 2 rings (SSSR count). The van der Waals surface area contributed by atoms with Gasteiger partial charge in [-0.05, 0) is 29.8 Å². The number of carbonyl (C=O) groups is 1. The van der Waals surface area contributed by atoms with E-state index in [1.807, 2.05) is 42.5 Å². The molecular weight excluding hydrogens is 284 g/mol. The molecule has 0 aliphatic carbocycles. The predicted octanol–water partition coefficient (Wildman–Crippen LogP) is 2.64. The van der Waals surface area contributed by atoms with Gasteiger partial charge in [-0.25, -0.2) is 0 Å². The lowest BCUT2D eigenvalue weighted by molar-refractivity contribution is -0.118. The summed E-state index contributed by atoms with van der Waals surface area (Å²) in [6.45, 7) is 0.472. The minimum atomic E-state index is 0.0218. The third-order valence-electron chi connectivity index (χ3n) is 2.83. The van der Waals surface area contributed by atoms with Crippen LogP contribution in [0.25, 0.3) is 0 Å². The largest absolute Gasteiger partial charge is 0.497 e. The van der Waals surface area contributed by atoms with Crippen LogP contribution in [0.1, 0.15) is 11.3 Å². The topological polar surface area (TPSA) is 51.2 Å². The lowest BCUT2D eigenvalue weighted by Crippen LogP contribution is -2.25. The van der Waals surface area contributed by atoms with Gasteiger partial charge in [0.05, 0.1) is 25.1 Å². The fourth-order valence-corrected chi connectivity index (χ4v) is 2.57. The third kappa shape index (κ3) is 5.47. The van der Waals surface area contributed by atoms with Crippen molar-refractivity contribution in [3.05, 3.63) is 59.9 Å². The molecule has 21 heavy (non-hydrogen) atoms. The van der Waals surface area contributed by atoms with Gasteiger partial charge in [-0.2, -0.15) is 0 Å². The number of amides is 1. The van der Waals surface area contributed by atoms with Gasteiger partial charge in [-0.3, -0.25) is 9.78 Å². The second-order valence-electron chi connectivity index (χ2n) is 4.44. The number of nitrogens with zero attached hydrogens (tertiary/aromatic N) is 1. The van der Waals surface area contributed by atoms with Gasteiger partial charge in [-0.15, -0.1) is 11.8 Å². The molecule has 0 saturated carbocycles. The van der Waals surface area contributed by atoms with Crippen LogP contribution < -0.4 is 10.1 Å². The molecule has 0 spiro atoms. The number of nitrogens with one attached hydrogen (secondary N) is 1. The molecule has 0 atom stereocenters. The minimum absolute atomic E-state index is 0.0218. The van der Waals surface area contributed by atoms with Crippen LogP contribution >= 0.6 is 11.8 Å². The standard InChI is InChI=1S/C16H18N2O2S/c1-20-15-7-4-5-13(9-15)11-21-12-16(19)18-10-14-6-2-3-8-17-14/h2-9H,10-12H2,1H3,(H,18,19). The highest BCUT2D eigenvalue weighted by Crippen LogP contribution is 2.17. The molecule has 0 unspecified atom stereocenters. The number of aromatic nitrogens is 1. The Bertz CT molecular complexity index is 575. The highest BCUT2D eigenvalue weighted by molar-refractivity contribution is 7.99. The fraction of sp³-hybridized carbons (Fsp3) is 0.250. The van der Waals surface area contributed by atoms with E-state index in [4.69, 9.17) is 4.74 Å². The van der Waals surface area contributed by atoms with Gasteiger partial charge in [0.25, 0.3) is 0 Å². The fourth-order valence-electron chi connectivity index (χ4n) is 1.77. The quantitative estimate of drug-likeness (QED) is 0.854. The first-order valence-corrected chi connectivity index (χ1v) is 7.80. The maximum absolute atomic E-state index is 11.7. The molecule has 0 fully saturated rings. The summed E-state index contributed by atoms with van der Waals surface area (Å²) in [5.41, 5.74) is 2.01. The van der Waals surface area contributed by atoms with E-state index in [2.05, 4.69) is 10.3 Å². The van der Waals surface area contributed by atoms with Crippen molar-refractivity contribution >= 4 is 17.7 Å². The van der Waals surface area contributed by atoms with Crippen LogP contribution in [-0.4, -0.2) is 23.8 Å². The van der Waals surface area contributed by atoms with Crippen molar-refractivity contribution in [1.82, 2.24) is 10.3 Å². The summed E-state index contributed by atoms with van der Waals surface area (Å²) < 4.78 is 5.17. The average molecular weight is 302 g/mol. The Morgan fingerprint density at radius 2 is 2.19 bits per heavy atom. The molecule has 1 amide bonds. The van der Waals surface area contributed by atoms with Crippen molar-refractivity contribution in [3.8, 4) is 5.75 Å². The van der Waals surface area contributed by atoms with Crippen molar-refractivity contribution in [2.24, 2.45) is 0 Å². The molecule has 2 aromatic rings. The van der Waals surface area contributed by atoms with Gasteiger partial charge in [0.1, 0.15) is 5.75 Å². The van der Waals surface area contributed by atoms with E-state index in [1.54, 1.807) is 25.1 Å². The van der Waals surface area contributed by atoms with E-state index in [1.165, 1.54) is 0 Å². The number of hydrogen-bond donors (Lipinski definition) is 1. The van der Waals surface area contributed by atoms with Crippen molar-refractivity contribution in [2.45, 2.75) is 12.3 Å². The van der Waals surface area contributed by atoms with E-state index in [0.29, 0.717) is 12.3 Å². The monoisotopic (exact) mass is 302 g/mol. The zero-order valence-corrected chi connectivity index (χ0v) is 12.7. The van der Waals surface area contributed by atoms with Gasteiger partial charge in [-0.1, -0.05) is 18.2 Å². The molecule has 0 aliphatic rings. The van der Waals surface area contributed by atoms with Crippen molar-refractivity contribution < 1.29 is 9.53 Å². The molecule has 0 aliphatic heterocycles. The lowest BCUT2D eigenvalue weighted by atomic mass is 10.2. The van der Waals surface area contributed by atoms with E-state index in [-0.39, 0.29) is 5.91 Å². The lowest BCUT2D eigenvalue weighted by Gasteiger charge is -2.06. The SMILES string of the molecule is COc1cccc(CSCC(=O)NCc2ccccn2)c1. The highest BCUT2D eigenvalue weighted by atomic mass is 32.2. The second kappa shape index (κ2) is 8.32. The van der Waals surface area contributed by atoms with Crippen LogP contribution in [0, 0.1) is 0 Å². The van der Waals surface area contributed by atoms with Crippen LogP contribution in [-0.2, 0) is 17.1 Å². The number of ether oxygens (including phenoxy) is 1. The number of hydrogen-bond acceptors (Lipinski definition) is 4. The summed E-state index contributed by atoms with van der Waals surface area (Å²) in [5, 5.41) is 2.86. The average Bonchev–Trinajstić information content (AvgIpc) is 2.54. The minimum Gasteiger partial charge on any atom is -0.497 e. The summed E-state index contributed by atoms with van der Waals surface area (Å²) in [6, 6.07) is 13.5. The smallest absolute Gasteiger partial charge is 0.230 e. The highest BCUT2D eigenvalue weighted by Gasteiger charge is 2.03. The van der Waals surface area contributed by atoms with E-state index < -0.39 is 0 Å². The molecule has 0 saturated heterocycles. The summed E-state index contributed by atoms with van der Waals surface area (Å²) in [7, 11) is 1.65. The number of thioether (sulfide) groups is 1. The molecule has 1 heterocycles. The second-order valence-corrected chi connectivity index (χ2v) is 5.43. The van der Waals surface area contributed by atoms with Gasteiger partial charge in [0.2, 0.25) is 5.91 Å². The van der Waals surface area contributed by atoms with Crippen molar-refractivity contribution in [3.63, 3.8) is 0 Å². The van der Waals surface area contributed by atoms with Crippen LogP contribution in [0.15, 0.2) is 48.7 Å². The normalized spacial score (nSPS) is 10.1. The van der Waals surface area contributed by atoms with Gasteiger partial charge in [0.15, 0.2) is 0 Å². The Labute approximate surface area is 128 Å². The molecule has 0 bridgehead atoms. The molecule has 110 valence electrons. The van der Waals surface area contributed by atoms with Crippen molar-refractivity contribution in [1.29, 1.82) is 0 Å². The zero-order valence-electron chi connectivity index (χ0n) is 11.9. The number of benzene rings is 1. The first-order valence-electron chi connectivity index (χ1n) is 6.65. The summed E-state index contributed by atoms with van der Waals surface area (Å²) >= 11 is 1.58. The Balaban J connectivity index is 1.69. The van der Waals surface area contributed by atoms with Crippen molar-refractivity contribution in [2.75, 3.05) is 12.9 Å². The Morgan fingerprint density at radius 1 is 1.29 bits per heavy atom. The first-order chi connectivity index (χ1) is 10.3. The van der Waals surface area contributed by atoms with Crippen LogP contribution in [0.3, 0.4) is 0 Å². The van der Waals surface area contributed by atoms with Crippen LogP contribution in [0.4, 0.5) is 0 Å².